The molecule has 0 aromatic carbocycles. The van der Waals surface area contributed by atoms with Gasteiger partial charge >= 0.3 is 0 Å². The lowest BCUT2D eigenvalue weighted by Gasteiger charge is -2.34. The van der Waals surface area contributed by atoms with Crippen LogP contribution in [0.4, 0.5) is 17.2 Å². The number of nitrogens with zero attached hydrogens (tertiary/aromatic N) is 5. The molecule has 4 rings (SSSR count). The molecule has 3 aromatic heterocycles. The number of amides is 1. The summed E-state index contributed by atoms with van der Waals surface area (Å²) >= 11 is 0. The fourth-order valence-corrected chi connectivity index (χ4v) is 3.57. The van der Waals surface area contributed by atoms with Gasteiger partial charge in [0.2, 0.25) is 11.8 Å². The van der Waals surface area contributed by atoms with Crippen LogP contribution in [0.5, 0.6) is 5.88 Å². The lowest BCUT2D eigenvalue weighted by Crippen LogP contribution is -2.44. The molecule has 1 amide bonds. The fourth-order valence-electron chi connectivity index (χ4n) is 3.57. The predicted octanol–water partition coefficient (Wildman–Crippen LogP) is 3.21. The van der Waals surface area contributed by atoms with Crippen molar-refractivity contribution in [2.24, 2.45) is 0 Å². The lowest BCUT2D eigenvalue weighted by molar-refractivity contribution is -0.117. The first-order valence-corrected chi connectivity index (χ1v) is 10.7. The van der Waals surface area contributed by atoms with Crippen molar-refractivity contribution >= 4 is 23.1 Å². The standard InChI is InChI=1S/C23H29N7O2/c1-14(2)32-21-7-6-17(9-25-21)12-30-13-18(11-26-30)10-24-20-8-19-22(15(3)27-20)28-23(31)16(4)29(19)5/h6-9,11,13-14,16H,10,12H2,1-5H3,(H,24,27)(H,28,31)/t16-/m0/s1. The first kappa shape index (κ1) is 21.6. The van der Waals surface area contributed by atoms with Gasteiger partial charge in [0.15, 0.2) is 0 Å². The maximum absolute atomic E-state index is 12.1. The summed E-state index contributed by atoms with van der Waals surface area (Å²) in [5.41, 5.74) is 4.61. The Labute approximate surface area is 187 Å². The average Bonchev–Trinajstić information content (AvgIpc) is 3.20. The first-order valence-electron chi connectivity index (χ1n) is 10.7. The number of aromatic nitrogens is 4. The number of likely N-dealkylation sites (N-methyl/N-ethyl adjacent to an activating group) is 1. The van der Waals surface area contributed by atoms with Gasteiger partial charge in [-0.25, -0.2) is 9.97 Å². The highest BCUT2D eigenvalue weighted by Crippen LogP contribution is 2.34. The Morgan fingerprint density at radius 2 is 2.06 bits per heavy atom. The number of ether oxygens (including phenoxy) is 1. The Kier molecular flexibility index (Phi) is 5.98. The van der Waals surface area contributed by atoms with E-state index >= 15 is 0 Å². The van der Waals surface area contributed by atoms with Gasteiger partial charge in [-0.3, -0.25) is 9.48 Å². The van der Waals surface area contributed by atoms with Crippen LogP contribution in [0, 0.1) is 6.92 Å². The number of pyridine rings is 2. The van der Waals surface area contributed by atoms with Gasteiger partial charge in [-0.1, -0.05) is 6.07 Å². The number of carbonyl (C=O) groups excluding carboxylic acids is 1. The minimum Gasteiger partial charge on any atom is -0.475 e. The third-order valence-electron chi connectivity index (χ3n) is 5.43. The summed E-state index contributed by atoms with van der Waals surface area (Å²) in [5, 5.41) is 10.8. The molecule has 4 heterocycles. The quantitative estimate of drug-likeness (QED) is 0.588. The average molecular weight is 436 g/mol. The molecule has 1 atom stereocenters. The van der Waals surface area contributed by atoms with Crippen LogP contribution in [0.1, 0.15) is 37.6 Å². The van der Waals surface area contributed by atoms with Gasteiger partial charge in [0.05, 0.1) is 35.9 Å². The van der Waals surface area contributed by atoms with Crippen molar-refractivity contribution in [3.8, 4) is 5.88 Å². The van der Waals surface area contributed by atoms with Crippen molar-refractivity contribution < 1.29 is 9.53 Å². The molecule has 0 bridgehead atoms. The molecule has 9 heteroatoms. The smallest absolute Gasteiger partial charge is 0.246 e. The Hall–Kier alpha value is -3.62. The highest BCUT2D eigenvalue weighted by molar-refractivity contribution is 6.04. The van der Waals surface area contributed by atoms with Gasteiger partial charge in [-0.05, 0) is 33.3 Å². The molecule has 0 unspecified atom stereocenters. The topological polar surface area (TPSA) is 97.2 Å². The number of anilines is 3. The van der Waals surface area contributed by atoms with E-state index in [1.165, 1.54) is 0 Å². The number of hydrogen-bond donors (Lipinski definition) is 2. The minimum atomic E-state index is -0.226. The summed E-state index contributed by atoms with van der Waals surface area (Å²) in [6.45, 7) is 8.97. The van der Waals surface area contributed by atoms with Gasteiger partial charge in [0.25, 0.3) is 0 Å². The van der Waals surface area contributed by atoms with Crippen LogP contribution < -0.4 is 20.3 Å². The zero-order chi connectivity index (χ0) is 22.8. The van der Waals surface area contributed by atoms with Gasteiger partial charge in [0, 0.05) is 43.7 Å². The van der Waals surface area contributed by atoms with E-state index < -0.39 is 0 Å². The number of rotatable bonds is 7. The van der Waals surface area contributed by atoms with E-state index in [2.05, 4.69) is 25.7 Å². The van der Waals surface area contributed by atoms with E-state index in [9.17, 15) is 4.79 Å². The van der Waals surface area contributed by atoms with Crippen LogP contribution in [0.2, 0.25) is 0 Å². The van der Waals surface area contributed by atoms with E-state index in [0.29, 0.717) is 19.0 Å². The second-order valence-corrected chi connectivity index (χ2v) is 8.33. The minimum absolute atomic E-state index is 0.0182. The van der Waals surface area contributed by atoms with Crippen LogP contribution in [0.3, 0.4) is 0 Å². The number of fused-ring (bicyclic) bond motifs is 1. The van der Waals surface area contributed by atoms with Crippen molar-refractivity contribution in [2.75, 3.05) is 22.6 Å². The van der Waals surface area contributed by atoms with Crippen LogP contribution in [0.15, 0.2) is 36.8 Å². The lowest BCUT2D eigenvalue weighted by atomic mass is 10.1. The number of carbonyl (C=O) groups is 1. The van der Waals surface area contributed by atoms with E-state index in [-0.39, 0.29) is 18.1 Å². The zero-order valence-corrected chi connectivity index (χ0v) is 19.1. The molecule has 3 aromatic rings. The largest absolute Gasteiger partial charge is 0.475 e. The second-order valence-electron chi connectivity index (χ2n) is 8.33. The van der Waals surface area contributed by atoms with Gasteiger partial charge in [-0.15, -0.1) is 0 Å². The Morgan fingerprint density at radius 3 is 2.78 bits per heavy atom. The summed E-state index contributed by atoms with van der Waals surface area (Å²) in [7, 11) is 1.92. The third-order valence-corrected chi connectivity index (χ3v) is 5.43. The molecule has 0 aliphatic carbocycles. The molecular weight excluding hydrogens is 406 g/mol. The molecule has 9 nitrogen and oxygen atoms in total. The molecule has 1 aliphatic heterocycles. The maximum atomic E-state index is 12.1. The molecule has 0 saturated carbocycles. The van der Waals surface area contributed by atoms with Gasteiger partial charge in [-0.2, -0.15) is 5.10 Å². The molecule has 1 aliphatic rings. The number of nitrogens with one attached hydrogen (secondary N) is 2. The third kappa shape index (κ3) is 4.66. The summed E-state index contributed by atoms with van der Waals surface area (Å²) in [4.78, 5) is 23.0. The molecule has 2 N–H and O–H groups in total. The van der Waals surface area contributed by atoms with E-state index in [0.717, 1.165) is 34.0 Å². The van der Waals surface area contributed by atoms with Crippen LogP contribution in [0.25, 0.3) is 0 Å². The second kappa shape index (κ2) is 8.86. The SMILES string of the molecule is Cc1nc(NCc2cnn(Cc3ccc(OC(C)C)nc3)c2)cc2c1NC(=O)[C@H](C)N2C. The van der Waals surface area contributed by atoms with Crippen LogP contribution in [-0.2, 0) is 17.9 Å². The predicted molar refractivity (Wildman–Crippen MR) is 124 cm³/mol. The zero-order valence-electron chi connectivity index (χ0n) is 19.1. The van der Waals surface area contributed by atoms with Crippen molar-refractivity contribution in [1.29, 1.82) is 0 Å². The highest BCUT2D eigenvalue weighted by Gasteiger charge is 2.28. The Bertz CT molecular complexity index is 1110. The van der Waals surface area contributed by atoms with Gasteiger partial charge < -0.3 is 20.3 Å². The van der Waals surface area contributed by atoms with Gasteiger partial charge in [0.1, 0.15) is 11.9 Å². The summed E-state index contributed by atoms with van der Waals surface area (Å²) < 4.78 is 7.47. The molecule has 32 heavy (non-hydrogen) atoms. The van der Waals surface area contributed by atoms with E-state index in [1.54, 1.807) is 0 Å². The molecular formula is C23H29N7O2. The van der Waals surface area contributed by atoms with Crippen LogP contribution in [-0.4, -0.2) is 44.8 Å². The summed E-state index contributed by atoms with van der Waals surface area (Å²) in [5.74, 6) is 1.37. The van der Waals surface area contributed by atoms with Crippen molar-refractivity contribution in [3.63, 3.8) is 0 Å². The molecule has 168 valence electrons. The number of hydrogen-bond acceptors (Lipinski definition) is 7. The normalized spacial score (nSPS) is 15.5. The van der Waals surface area contributed by atoms with E-state index in [1.807, 2.05) is 81.1 Å². The van der Waals surface area contributed by atoms with Crippen LogP contribution >= 0.6 is 0 Å². The highest BCUT2D eigenvalue weighted by atomic mass is 16.5. The monoisotopic (exact) mass is 435 g/mol. The van der Waals surface area contributed by atoms with Crippen molar-refractivity contribution in [1.82, 2.24) is 19.7 Å². The molecule has 0 radical (unpaired) electrons. The Balaban J connectivity index is 1.39. The maximum Gasteiger partial charge on any atom is 0.246 e. The molecule has 0 fully saturated rings. The first-order chi connectivity index (χ1) is 15.3. The Morgan fingerprint density at radius 1 is 1.25 bits per heavy atom. The number of aryl methyl sites for hydroxylation is 1. The van der Waals surface area contributed by atoms with E-state index in [4.69, 9.17) is 4.74 Å². The summed E-state index contributed by atoms with van der Waals surface area (Å²) in [6, 6.07) is 5.62. The van der Waals surface area contributed by atoms with Crippen molar-refractivity contribution in [3.05, 3.63) is 53.6 Å². The molecule has 0 saturated heterocycles. The molecule has 0 spiro atoms. The fraction of sp³-hybridized carbons (Fsp3) is 0.391. The van der Waals surface area contributed by atoms with Crippen molar-refractivity contribution in [2.45, 2.75) is 52.9 Å². The summed E-state index contributed by atoms with van der Waals surface area (Å²) in [6.07, 6.45) is 5.76.